The van der Waals surface area contributed by atoms with Crippen molar-refractivity contribution in [3.8, 4) is 0 Å². The third kappa shape index (κ3) is 2.01. The number of aromatic nitrogens is 2. The lowest BCUT2D eigenvalue weighted by molar-refractivity contribution is 0.568. The van der Waals surface area contributed by atoms with E-state index in [0.29, 0.717) is 0 Å². The van der Waals surface area contributed by atoms with Crippen molar-refractivity contribution in [1.82, 2.24) is 9.55 Å². The molecule has 2 nitrogen and oxygen atoms in total. The van der Waals surface area contributed by atoms with Gasteiger partial charge in [0.05, 0.1) is 0 Å². The zero-order chi connectivity index (χ0) is 9.97. The van der Waals surface area contributed by atoms with Crippen molar-refractivity contribution in [2.75, 3.05) is 11.5 Å². The molecule has 0 spiro atoms. The van der Waals surface area contributed by atoms with Gasteiger partial charge in [0.15, 0.2) is 4.73 Å². The first kappa shape index (κ1) is 10.6. The Labute approximate surface area is 97.6 Å². The Bertz CT molecular complexity index is 305. The molecule has 2 heterocycles. The van der Waals surface area contributed by atoms with Gasteiger partial charge in [0.1, 0.15) is 0 Å². The minimum atomic E-state index is 0.731. The Morgan fingerprint density at radius 2 is 2.29 bits per heavy atom. The smallest absolute Gasteiger partial charge is 0.177 e. The van der Waals surface area contributed by atoms with Crippen LogP contribution in [0.2, 0.25) is 0 Å². The molecular weight excluding hydrogens is 260 g/mol. The normalized spacial score (nSPS) is 18.7. The van der Waals surface area contributed by atoms with Crippen LogP contribution in [0.1, 0.15) is 31.4 Å². The standard InChI is InChI=1S/C10H15BrN2S/c1-2-13-9(7-12-10(13)11)8-3-5-14-6-4-8/h7-8H,2-6H2,1H3. The molecule has 1 aromatic heterocycles. The summed E-state index contributed by atoms with van der Waals surface area (Å²) in [7, 11) is 0. The van der Waals surface area contributed by atoms with Crippen LogP contribution < -0.4 is 0 Å². The lowest BCUT2D eigenvalue weighted by atomic mass is 9.99. The molecule has 0 saturated carbocycles. The second-order valence-corrected chi connectivity index (χ2v) is 5.52. The molecule has 0 aliphatic carbocycles. The summed E-state index contributed by atoms with van der Waals surface area (Å²) in [4.78, 5) is 4.34. The number of imidazole rings is 1. The van der Waals surface area contributed by atoms with Gasteiger partial charge >= 0.3 is 0 Å². The Kier molecular flexibility index (Phi) is 3.55. The van der Waals surface area contributed by atoms with Gasteiger partial charge in [-0.15, -0.1) is 0 Å². The van der Waals surface area contributed by atoms with Crippen molar-refractivity contribution in [3.63, 3.8) is 0 Å². The molecular formula is C10H15BrN2S. The van der Waals surface area contributed by atoms with E-state index in [1.807, 2.05) is 6.20 Å². The van der Waals surface area contributed by atoms with E-state index >= 15 is 0 Å². The van der Waals surface area contributed by atoms with E-state index in [9.17, 15) is 0 Å². The molecule has 2 rings (SSSR count). The van der Waals surface area contributed by atoms with E-state index in [1.165, 1.54) is 30.0 Å². The molecule has 1 fully saturated rings. The Morgan fingerprint density at radius 1 is 1.57 bits per heavy atom. The molecule has 78 valence electrons. The molecule has 4 heteroatoms. The van der Waals surface area contributed by atoms with Gasteiger partial charge in [-0.25, -0.2) is 4.98 Å². The van der Waals surface area contributed by atoms with E-state index < -0.39 is 0 Å². The minimum Gasteiger partial charge on any atom is -0.323 e. The molecule has 1 saturated heterocycles. The molecule has 1 aromatic rings. The molecule has 0 aromatic carbocycles. The first-order chi connectivity index (χ1) is 6.83. The summed E-state index contributed by atoms with van der Waals surface area (Å²) in [6, 6.07) is 0. The topological polar surface area (TPSA) is 17.8 Å². The van der Waals surface area contributed by atoms with Crippen LogP contribution in [0.15, 0.2) is 10.9 Å². The van der Waals surface area contributed by atoms with Crippen molar-refractivity contribution in [3.05, 3.63) is 16.6 Å². The highest BCUT2D eigenvalue weighted by Crippen LogP contribution is 2.32. The fourth-order valence-electron chi connectivity index (χ4n) is 2.00. The number of rotatable bonds is 2. The Balaban J connectivity index is 2.21. The second-order valence-electron chi connectivity index (χ2n) is 3.58. The maximum Gasteiger partial charge on any atom is 0.177 e. The number of hydrogen-bond donors (Lipinski definition) is 0. The number of nitrogens with zero attached hydrogens (tertiary/aromatic N) is 2. The molecule has 0 N–H and O–H groups in total. The summed E-state index contributed by atoms with van der Waals surface area (Å²) in [5.74, 6) is 3.34. The van der Waals surface area contributed by atoms with Gasteiger partial charge in [0, 0.05) is 24.4 Å². The highest BCUT2D eigenvalue weighted by Gasteiger charge is 2.20. The quantitative estimate of drug-likeness (QED) is 0.824. The molecule has 0 amide bonds. The van der Waals surface area contributed by atoms with Crippen LogP contribution in [0.25, 0.3) is 0 Å². The Hall–Kier alpha value is 0.0400. The van der Waals surface area contributed by atoms with Gasteiger partial charge in [-0.3, -0.25) is 0 Å². The first-order valence-electron chi connectivity index (χ1n) is 5.11. The van der Waals surface area contributed by atoms with Crippen molar-refractivity contribution in [2.24, 2.45) is 0 Å². The highest BCUT2D eigenvalue weighted by molar-refractivity contribution is 9.10. The maximum atomic E-state index is 4.34. The van der Waals surface area contributed by atoms with Gasteiger partial charge in [-0.1, -0.05) is 0 Å². The maximum absolute atomic E-state index is 4.34. The molecule has 0 radical (unpaired) electrons. The molecule has 1 aliphatic rings. The molecule has 14 heavy (non-hydrogen) atoms. The van der Waals surface area contributed by atoms with Crippen LogP contribution in [-0.4, -0.2) is 21.1 Å². The average molecular weight is 275 g/mol. The van der Waals surface area contributed by atoms with E-state index in [0.717, 1.165) is 17.2 Å². The zero-order valence-corrected chi connectivity index (χ0v) is 10.8. The lowest BCUT2D eigenvalue weighted by Gasteiger charge is -2.22. The number of halogens is 1. The van der Waals surface area contributed by atoms with Gasteiger partial charge in [-0.2, -0.15) is 11.8 Å². The van der Waals surface area contributed by atoms with E-state index in [2.05, 4.69) is 44.2 Å². The van der Waals surface area contributed by atoms with Crippen LogP contribution >= 0.6 is 27.7 Å². The molecule has 0 atom stereocenters. The number of thioether (sulfide) groups is 1. The molecule has 0 unspecified atom stereocenters. The second kappa shape index (κ2) is 4.71. The van der Waals surface area contributed by atoms with Crippen LogP contribution in [-0.2, 0) is 6.54 Å². The molecule has 0 bridgehead atoms. The SMILES string of the molecule is CCn1c(C2CCSCC2)cnc1Br. The summed E-state index contributed by atoms with van der Waals surface area (Å²) in [6.07, 6.45) is 4.65. The van der Waals surface area contributed by atoms with E-state index in [1.54, 1.807) is 0 Å². The minimum absolute atomic E-state index is 0.731. The lowest BCUT2D eigenvalue weighted by Crippen LogP contribution is -2.12. The Morgan fingerprint density at radius 3 is 2.93 bits per heavy atom. The van der Waals surface area contributed by atoms with Crippen LogP contribution in [0.5, 0.6) is 0 Å². The molecule has 1 aliphatic heterocycles. The summed E-state index contributed by atoms with van der Waals surface area (Å²) >= 11 is 5.56. The van der Waals surface area contributed by atoms with Gasteiger partial charge < -0.3 is 4.57 Å². The van der Waals surface area contributed by atoms with Crippen molar-refractivity contribution in [2.45, 2.75) is 32.2 Å². The van der Waals surface area contributed by atoms with Crippen LogP contribution in [0, 0.1) is 0 Å². The van der Waals surface area contributed by atoms with Crippen molar-refractivity contribution >= 4 is 27.7 Å². The largest absolute Gasteiger partial charge is 0.323 e. The predicted octanol–water partition coefficient (Wildman–Crippen LogP) is 3.28. The van der Waals surface area contributed by atoms with E-state index in [4.69, 9.17) is 0 Å². The zero-order valence-electron chi connectivity index (χ0n) is 8.37. The fraction of sp³-hybridized carbons (Fsp3) is 0.700. The van der Waals surface area contributed by atoms with Gasteiger partial charge in [0.25, 0.3) is 0 Å². The average Bonchev–Trinajstić information content (AvgIpc) is 2.61. The van der Waals surface area contributed by atoms with Gasteiger partial charge in [-0.05, 0) is 47.2 Å². The summed E-state index contributed by atoms with van der Waals surface area (Å²) in [5, 5.41) is 0. The first-order valence-corrected chi connectivity index (χ1v) is 7.06. The van der Waals surface area contributed by atoms with Crippen molar-refractivity contribution < 1.29 is 0 Å². The van der Waals surface area contributed by atoms with E-state index in [-0.39, 0.29) is 0 Å². The monoisotopic (exact) mass is 274 g/mol. The summed E-state index contributed by atoms with van der Waals surface area (Å²) in [6.45, 7) is 3.19. The fourth-order valence-corrected chi connectivity index (χ4v) is 3.66. The van der Waals surface area contributed by atoms with Crippen molar-refractivity contribution in [1.29, 1.82) is 0 Å². The number of hydrogen-bond acceptors (Lipinski definition) is 2. The third-order valence-electron chi connectivity index (χ3n) is 2.79. The summed E-state index contributed by atoms with van der Waals surface area (Å²) < 4.78 is 3.26. The van der Waals surface area contributed by atoms with Crippen LogP contribution in [0.4, 0.5) is 0 Å². The summed E-state index contributed by atoms with van der Waals surface area (Å²) in [5.41, 5.74) is 1.42. The highest BCUT2D eigenvalue weighted by atomic mass is 79.9. The third-order valence-corrected chi connectivity index (χ3v) is 4.48. The van der Waals surface area contributed by atoms with Gasteiger partial charge in [0.2, 0.25) is 0 Å². The predicted molar refractivity (Wildman–Crippen MR) is 64.9 cm³/mol. The van der Waals surface area contributed by atoms with Crippen LogP contribution in [0.3, 0.4) is 0 Å².